The molecular weight excluding hydrogens is 258 g/mol. The lowest BCUT2D eigenvalue weighted by Crippen LogP contribution is -2.52. The molecule has 1 unspecified atom stereocenters. The van der Waals surface area contributed by atoms with E-state index in [1.54, 1.807) is 21.9 Å². The highest BCUT2D eigenvalue weighted by Gasteiger charge is 2.48. The van der Waals surface area contributed by atoms with Crippen molar-refractivity contribution in [3.05, 3.63) is 22.7 Å². The van der Waals surface area contributed by atoms with Gasteiger partial charge >= 0.3 is 5.97 Å². The van der Waals surface area contributed by atoms with Gasteiger partial charge in [-0.2, -0.15) is 0 Å². The van der Waals surface area contributed by atoms with E-state index in [1.165, 1.54) is 0 Å². The number of hydrogen-bond donors (Lipinski definition) is 1. The smallest absolute Gasteiger partial charge is 0.329 e. The summed E-state index contributed by atoms with van der Waals surface area (Å²) in [6.45, 7) is 2.44. The molecule has 108 valence electrons. The third-order valence-corrected chi connectivity index (χ3v) is 4.52. The molecule has 0 amide bonds. The number of hydrogen-bond acceptors (Lipinski definition) is 4. The van der Waals surface area contributed by atoms with Crippen LogP contribution in [0.1, 0.15) is 45.1 Å². The van der Waals surface area contributed by atoms with Gasteiger partial charge in [-0.1, -0.05) is 6.92 Å². The van der Waals surface area contributed by atoms with Gasteiger partial charge in [0.1, 0.15) is 5.54 Å². The molecule has 2 heterocycles. The fourth-order valence-corrected chi connectivity index (χ4v) is 3.17. The van der Waals surface area contributed by atoms with Crippen LogP contribution in [0.25, 0.3) is 0 Å². The lowest BCUT2D eigenvalue weighted by molar-refractivity contribution is -0.143. The predicted octanol–water partition coefficient (Wildman–Crippen LogP) is 1.41. The second-order valence-electron chi connectivity index (χ2n) is 5.64. The van der Waals surface area contributed by atoms with Crippen LogP contribution in [0, 0.1) is 0 Å². The zero-order valence-electron chi connectivity index (χ0n) is 11.6. The maximum Gasteiger partial charge on any atom is 0.329 e. The van der Waals surface area contributed by atoms with Crippen LogP contribution >= 0.6 is 0 Å². The third kappa shape index (κ3) is 1.82. The Balaban J connectivity index is 2.06. The Morgan fingerprint density at radius 3 is 2.90 bits per heavy atom. The Kier molecular flexibility index (Phi) is 3.03. The van der Waals surface area contributed by atoms with Gasteiger partial charge in [-0.25, -0.2) is 9.78 Å². The van der Waals surface area contributed by atoms with Crippen molar-refractivity contribution in [1.29, 1.82) is 0 Å². The Morgan fingerprint density at radius 1 is 1.55 bits per heavy atom. The van der Waals surface area contributed by atoms with Crippen molar-refractivity contribution in [2.45, 2.75) is 50.6 Å². The van der Waals surface area contributed by atoms with Crippen molar-refractivity contribution in [2.75, 3.05) is 11.4 Å². The summed E-state index contributed by atoms with van der Waals surface area (Å²) in [5.41, 5.74) is -1.13. The molecule has 0 aromatic carbocycles. The molecule has 0 spiro atoms. The van der Waals surface area contributed by atoms with Crippen molar-refractivity contribution >= 4 is 11.8 Å². The van der Waals surface area contributed by atoms with Gasteiger partial charge in [-0.3, -0.25) is 4.79 Å². The number of aliphatic carboxylic acids is 1. The molecule has 0 bridgehead atoms. The molecule has 1 aliphatic carbocycles. The fourth-order valence-electron chi connectivity index (χ4n) is 3.17. The van der Waals surface area contributed by atoms with Crippen LogP contribution in [-0.4, -0.2) is 32.7 Å². The summed E-state index contributed by atoms with van der Waals surface area (Å²) in [6.07, 6.45) is 7.16. The molecule has 2 aliphatic rings. The molecule has 3 rings (SSSR count). The molecule has 1 aromatic heterocycles. The largest absolute Gasteiger partial charge is 0.479 e. The maximum atomic E-state index is 12.5. The minimum Gasteiger partial charge on any atom is -0.479 e. The van der Waals surface area contributed by atoms with Crippen molar-refractivity contribution in [3.63, 3.8) is 0 Å². The normalized spacial score (nSPS) is 25.9. The molecular formula is C14H19N3O3. The van der Waals surface area contributed by atoms with Crippen molar-refractivity contribution < 1.29 is 9.90 Å². The molecule has 2 fully saturated rings. The zero-order chi connectivity index (χ0) is 14.3. The molecule has 1 saturated heterocycles. The van der Waals surface area contributed by atoms with Crippen LogP contribution in [-0.2, 0) is 4.79 Å². The summed E-state index contributed by atoms with van der Waals surface area (Å²) < 4.78 is 1.70. The van der Waals surface area contributed by atoms with Crippen LogP contribution in [0.5, 0.6) is 0 Å². The number of aromatic nitrogens is 2. The van der Waals surface area contributed by atoms with Gasteiger partial charge in [0, 0.05) is 25.0 Å². The molecule has 6 heteroatoms. The van der Waals surface area contributed by atoms with E-state index in [0.717, 1.165) is 19.3 Å². The molecule has 20 heavy (non-hydrogen) atoms. The van der Waals surface area contributed by atoms with Crippen LogP contribution in [0.4, 0.5) is 5.82 Å². The average Bonchev–Trinajstić information content (AvgIpc) is 3.17. The lowest BCUT2D eigenvalue weighted by atomic mass is 9.93. The first-order valence-corrected chi connectivity index (χ1v) is 7.18. The number of anilines is 1. The summed E-state index contributed by atoms with van der Waals surface area (Å²) in [7, 11) is 0. The number of rotatable bonds is 4. The summed E-state index contributed by atoms with van der Waals surface area (Å²) in [5.74, 6) is -0.568. The van der Waals surface area contributed by atoms with E-state index in [4.69, 9.17) is 0 Å². The first kappa shape index (κ1) is 13.1. The van der Waals surface area contributed by atoms with Crippen molar-refractivity contribution in [2.24, 2.45) is 0 Å². The SMILES string of the molecule is CCC1(C(=O)O)CCCN1c1nccn(C2CC2)c1=O. The lowest BCUT2D eigenvalue weighted by Gasteiger charge is -2.34. The van der Waals surface area contributed by atoms with Gasteiger partial charge in [0.05, 0.1) is 0 Å². The highest BCUT2D eigenvalue weighted by Crippen LogP contribution is 2.36. The van der Waals surface area contributed by atoms with E-state index >= 15 is 0 Å². The number of nitrogens with zero attached hydrogens (tertiary/aromatic N) is 3. The van der Waals surface area contributed by atoms with Gasteiger partial charge < -0.3 is 14.6 Å². The van der Waals surface area contributed by atoms with Gasteiger partial charge in [0.15, 0.2) is 5.82 Å². The zero-order valence-corrected chi connectivity index (χ0v) is 11.6. The molecule has 1 aliphatic heterocycles. The van der Waals surface area contributed by atoms with Crippen LogP contribution in [0.2, 0.25) is 0 Å². The topological polar surface area (TPSA) is 75.4 Å². The third-order valence-electron chi connectivity index (χ3n) is 4.52. The molecule has 1 atom stereocenters. The Hall–Kier alpha value is -1.85. The molecule has 1 saturated carbocycles. The highest BCUT2D eigenvalue weighted by atomic mass is 16.4. The van der Waals surface area contributed by atoms with E-state index in [2.05, 4.69) is 4.98 Å². The first-order chi connectivity index (χ1) is 9.60. The summed E-state index contributed by atoms with van der Waals surface area (Å²) in [4.78, 5) is 30.1. The maximum absolute atomic E-state index is 12.5. The van der Waals surface area contributed by atoms with Crippen LogP contribution < -0.4 is 10.5 Å². The second-order valence-corrected chi connectivity index (χ2v) is 5.64. The molecule has 1 N–H and O–H groups in total. The van der Waals surface area contributed by atoms with Gasteiger partial charge in [-0.15, -0.1) is 0 Å². The second kappa shape index (κ2) is 4.61. The molecule has 1 aromatic rings. The minimum absolute atomic E-state index is 0.157. The fraction of sp³-hybridized carbons (Fsp3) is 0.643. The Labute approximate surface area is 117 Å². The number of carboxylic acid groups (broad SMARTS) is 1. The average molecular weight is 277 g/mol. The molecule has 0 radical (unpaired) electrons. The monoisotopic (exact) mass is 277 g/mol. The van der Waals surface area contributed by atoms with Crippen molar-refractivity contribution in [3.8, 4) is 0 Å². The quantitative estimate of drug-likeness (QED) is 0.900. The standard InChI is InChI=1S/C14H19N3O3/c1-2-14(13(19)20)6-3-8-17(14)11-12(18)16(9-7-15-11)10-4-5-10/h7,9-10H,2-6,8H2,1H3,(H,19,20). The van der Waals surface area contributed by atoms with E-state index < -0.39 is 11.5 Å². The van der Waals surface area contributed by atoms with Crippen LogP contribution in [0.3, 0.4) is 0 Å². The Morgan fingerprint density at radius 2 is 2.30 bits per heavy atom. The highest BCUT2D eigenvalue weighted by molar-refractivity contribution is 5.83. The van der Waals surface area contributed by atoms with E-state index in [-0.39, 0.29) is 11.6 Å². The van der Waals surface area contributed by atoms with Gasteiger partial charge in [-0.05, 0) is 32.1 Å². The minimum atomic E-state index is -0.977. The molecule has 6 nitrogen and oxygen atoms in total. The summed E-state index contributed by atoms with van der Waals surface area (Å²) >= 11 is 0. The van der Waals surface area contributed by atoms with E-state index in [1.807, 2.05) is 6.92 Å². The van der Waals surface area contributed by atoms with Gasteiger partial charge in [0.2, 0.25) is 0 Å². The van der Waals surface area contributed by atoms with E-state index in [0.29, 0.717) is 25.2 Å². The Bertz CT molecular complexity index is 594. The number of carboxylic acids is 1. The predicted molar refractivity (Wildman–Crippen MR) is 74.0 cm³/mol. The van der Waals surface area contributed by atoms with Crippen molar-refractivity contribution in [1.82, 2.24) is 9.55 Å². The number of carbonyl (C=O) groups is 1. The summed E-state index contributed by atoms with van der Waals surface area (Å²) in [5, 5.41) is 9.60. The first-order valence-electron chi connectivity index (χ1n) is 7.18. The van der Waals surface area contributed by atoms with Gasteiger partial charge in [0.25, 0.3) is 5.56 Å². The van der Waals surface area contributed by atoms with E-state index in [9.17, 15) is 14.7 Å². The summed E-state index contributed by atoms with van der Waals surface area (Å²) in [6, 6.07) is 0.271. The van der Waals surface area contributed by atoms with Crippen LogP contribution in [0.15, 0.2) is 17.2 Å².